The van der Waals surface area contributed by atoms with E-state index in [1.807, 2.05) is 0 Å². The highest BCUT2D eigenvalue weighted by atomic mass is 32.2. The number of sulfone groups is 1. The number of hydrogen-bond donors (Lipinski definition) is 2. The first kappa shape index (κ1) is 16.5. The maximum Gasteiger partial charge on any atom is 0.206 e. The predicted octanol–water partition coefficient (Wildman–Crippen LogP) is 0.0452. The minimum absolute atomic E-state index is 0.0613. The zero-order valence-electron chi connectivity index (χ0n) is 11.7. The van der Waals surface area contributed by atoms with E-state index in [9.17, 15) is 13.5 Å². The summed E-state index contributed by atoms with van der Waals surface area (Å²) in [6, 6.07) is 12.2. The van der Waals surface area contributed by atoms with Crippen LogP contribution in [0.15, 0.2) is 58.3 Å². The normalized spacial score (nSPS) is 12.8. The minimum atomic E-state index is -3.64. The van der Waals surface area contributed by atoms with Gasteiger partial charge in [0.2, 0.25) is 9.84 Å². The fourth-order valence-corrected chi connectivity index (χ4v) is 3.12. The average molecular weight is 318 g/mol. The first-order valence-corrected chi connectivity index (χ1v) is 8.05. The van der Waals surface area contributed by atoms with Gasteiger partial charge >= 0.3 is 0 Å². The average Bonchev–Trinajstić information content (AvgIpc) is 2.54. The lowest BCUT2D eigenvalue weighted by Crippen LogP contribution is -2.23. The molecule has 5 nitrogen and oxygen atoms in total. The Morgan fingerprint density at radius 3 is 2.36 bits per heavy atom. The molecule has 2 aromatic rings. The largest absolute Gasteiger partial charge is 0.491 e. The van der Waals surface area contributed by atoms with Crippen LogP contribution in [0.5, 0.6) is 5.75 Å². The molecule has 0 spiro atoms. The number of ether oxygens (including phenoxy) is 1. The van der Waals surface area contributed by atoms with Crippen molar-refractivity contribution in [1.29, 1.82) is 0 Å². The number of aliphatic hydroxyl groups is 2. The van der Waals surface area contributed by atoms with E-state index in [1.54, 1.807) is 18.2 Å². The third kappa shape index (κ3) is 3.68. The summed E-state index contributed by atoms with van der Waals surface area (Å²) in [4.78, 5) is 0.241. The summed E-state index contributed by atoms with van der Waals surface area (Å²) in [6.07, 6.45) is -1.02. The molecule has 2 aromatic carbocycles. The molecule has 0 aliphatic heterocycles. The van der Waals surface area contributed by atoms with Gasteiger partial charge in [-0.1, -0.05) is 23.7 Å². The van der Waals surface area contributed by atoms with Crippen LogP contribution < -0.4 is 10.2 Å². The van der Waals surface area contributed by atoms with Gasteiger partial charge in [0.15, 0.2) is 0 Å². The SMILES string of the molecule is [B]c1cc(S(=O)(=O)c2ccccc2)ccc1OCC(O)CO. The van der Waals surface area contributed by atoms with Gasteiger partial charge in [-0.05, 0) is 30.3 Å². The Bertz CT molecular complexity index is 731. The Morgan fingerprint density at radius 2 is 1.77 bits per heavy atom. The lowest BCUT2D eigenvalue weighted by atomic mass is 9.95. The predicted molar refractivity (Wildman–Crippen MR) is 82.3 cm³/mol. The standard InChI is InChI=1S/C15H15BO5S/c16-14-8-13(6-7-15(14)21-10-11(18)9-17)22(19,20)12-4-2-1-3-5-12/h1-8,11,17-18H,9-10H2. The van der Waals surface area contributed by atoms with Crippen LogP contribution in [0, 0.1) is 0 Å². The Hall–Kier alpha value is -1.83. The van der Waals surface area contributed by atoms with Crippen LogP contribution >= 0.6 is 0 Å². The van der Waals surface area contributed by atoms with Gasteiger partial charge in [-0.2, -0.15) is 0 Å². The van der Waals surface area contributed by atoms with Gasteiger partial charge in [0, 0.05) is 0 Å². The van der Waals surface area contributed by atoms with Crippen molar-refractivity contribution in [2.24, 2.45) is 0 Å². The first-order valence-electron chi connectivity index (χ1n) is 6.56. The van der Waals surface area contributed by atoms with Gasteiger partial charge in [-0.25, -0.2) is 8.42 Å². The molecule has 0 aliphatic rings. The van der Waals surface area contributed by atoms with Crippen LogP contribution in [-0.4, -0.2) is 45.8 Å². The highest BCUT2D eigenvalue weighted by Gasteiger charge is 2.18. The molecule has 0 aromatic heterocycles. The molecule has 1 unspecified atom stereocenters. The molecule has 0 heterocycles. The van der Waals surface area contributed by atoms with Crippen molar-refractivity contribution < 1.29 is 23.4 Å². The fraction of sp³-hybridized carbons (Fsp3) is 0.200. The topological polar surface area (TPSA) is 83.8 Å². The molecule has 0 bridgehead atoms. The zero-order chi connectivity index (χ0) is 16.2. The monoisotopic (exact) mass is 318 g/mol. The number of aliphatic hydroxyl groups excluding tert-OH is 2. The van der Waals surface area contributed by atoms with E-state index in [1.165, 1.54) is 30.3 Å². The quantitative estimate of drug-likeness (QED) is 0.735. The number of hydrogen-bond acceptors (Lipinski definition) is 5. The van der Waals surface area contributed by atoms with E-state index in [0.717, 1.165) is 0 Å². The van der Waals surface area contributed by atoms with Crippen molar-refractivity contribution in [2.45, 2.75) is 15.9 Å². The number of benzene rings is 2. The van der Waals surface area contributed by atoms with Gasteiger partial charge in [0.25, 0.3) is 0 Å². The molecule has 0 saturated heterocycles. The van der Waals surface area contributed by atoms with Gasteiger partial charge in [0.1, 0.15) is 26.3 Å². The Kier molecular flexibility index (Phi) is 5.23. The lowest BCUT2D eigenvalue weighted by molar-refractivity contribution is 0.0539. The van der Waals surface area contributed by atoms with E-state index < -0.39 is 22.5 Å². The van der Waals surface area contributed by atoms with Crippen LogP contribution in [0.25, 0.3) is 0 Å². The molecule has 0 saturated carbocycles. The second-order valence-electron chi connectivity index (χ2n) is 4.66. The van der Waals surface area contributed by atoms with Gasteiger partial charge in [0.05, 0.1) is 16.4 Å². The van der Waals surface area contributed by atoms with Gasteiger partial charge in [-0.15, -0.1) is 0 Å². The summed E-state index contributed by atoms with van der Waals surface area (Å²) >= 11 is 0. The third-order valence-electron chi connectivity index (χ3n) is 2.99. The van der Waals surface area contributed by atoms with E-state index in [2.05, 4.69) is 0 Å². The van der Waals surface area contributed by atoms with Crippen LogP contribution in [-0.2, 0) is 9.84 Å². The molecule has 2 N–H and O–H groups in total. The van der Waals surface area contributed by atoms with E-state index >= 15 is 0 Å². The van der Waals surface area contributed by atoms with Crippen LogP contribution in [0.1, 0.15) is 0 Å². The van der Waals surface area contributed by atoms with Gasteiger partial charge < -0.3 is 14.9 Å². The molecule has 0 fully saturated rings. The van der Waals surface area contributed by atoms with Crippen molar-refractivity contribution >= 4 is 23.1 Å². The van der Waals surface area contributed by atoms with Crippen molar-refractivity contribution in [3.05, 3.63) is 48.5 Å². The van der Waals surface area contributed by atoms with E-state index in [4.69, 9.17) is 17.7 Å². The Morgan fingerprint density at radius 1 is 1.09 bits per heavy atom. The lowest BCUT2D eigenvalue weighted by Gasteiger charge is -2.13. The van der Waals surface area contributed by atoms with Crippen molar-refractivity contribution in [3.8, 4) is 5.75 Å². The summed E-state index contributed by atoms with van der Waals surface area (Å²) in [5, 5.41) is 17.9. The molecule has 2 rings (SSSR count). The highest BCUT2D eigenvalue weighted by molar-refractivity contribution is 7.91. The summed E-state index contributed by atoms with van der Waals surface area (Å²) in [7, 11) is 2.15. The van der Waals surface area contributed by atoms with Gasteiger partial charge in [-0.3, -0.25) is 0 Å². The molecular formula is C15H15BO5S. The fourth-order valence-electron chi connectivity index (χ4n) is 1.80. The zero-order valence-corrected chi connectivity index (χ0v) is 12.5. The molecule has 1 atom stereocenters. The van der Waals surface area contributed by atoms with Crippen LogP contribution in [0.2, 0.25) is 0 Å². The Labute approximate surface area is 130 Å². The maximum atomic E-state index is 12.4. The molecule has 22 heavy (non-hydrogen) atoms. The second kappa shape index (κ2) is 6.96. The minimum Gasteiger partial charge on any atom is -0.491 e. The smallest absolute Gasteiger partial charge is 0.206 e. The first-order chi connectivity index (χ1) is 10.4. The van der Waals surface area contributed by atoms with Crippen molar-refractivity contribution in [1.82, 2.24) is 0 Å². The van der Waals surface area contributed by atoms with E-state index in [-0.39, 0.29) is 27.6 Å². The molecule has 114 valence electrons. The second-order valence-corrected chi connectivity index (χ2v) is 6.61. The van der Waals surface area contributed by atoms with Crippen LogP contribution in [0.3, 0.4) is 0 Å². The molecule has 0 aliphatic carbocycles. The highest BCUT2D eigenvalue weighted by Crippen LogP contribution is 2.21. The maximum absolute atomic E-state index is 12.4. The van der Waals surface area contributed by atoms with Crippen LogP contribution in [0.4, 0.5) is 0 Å². The summed E-state index contributed by atoms with van der Waals surface area (Å²) in [5.74, 6) is 0.250. The Balaban J connectivity index is 2.26. The molecule has 0 amide bonds. The summed E-state index contributed by atoms with van der Waals surface area (Å²) in [5.41, 5.74) is 0.141. The summed E-state index contributed by atoms with van der Waals surface area (Å²) < 4.78 is 30.1. The van der Waals surface area contributed by atoms with E-state index in [0.29, 0.717) is 0 Å². The molecule has 2 radical (unpaired) electrons. The third-order valence-corrected chi connectivity index (χ3v) is 4.75. The number of rotatable bonds is 6. The van der Waals surface area contributed by atoms with Crippen molar-refractivity contribution in [3.63, 3.8) is 0 Å². The summed E-state index contributed by atoms with van der Waals surface area (Å²) in [6.45, 7) is -0.564. The molecular weight excluding hydrogens is 303 g/mol. The van der Waals surface area contributed by atoms with Crippen molar-refractivity contribution in [2.75, 3.05) is 13.2 Å². The molecule has 7 heteroatoms.